The topological polar surface area (TPSA) is 50.7 Å². The smallest absolute Gasteiger partial charge is 0.137 e. The van der Waals surface area contributed by atoms with Crippen LogP contribution in [0.1, 0.15) is 45.7 Å². The number of oxime groups is 1. The minimum atomic E-state index is -0.144. The minimum Gasteiger partial charge on any atom is -0.393 e. The van der Waals surface area contributed by atoms with Crippen LogP contribution in [-0.4, -0.2) is 30.2 Å². The second kappa shape index (κ2) is 8.57. The van der Waals surface area contributed by atoms with Gasteiger partial charge in [-0.3, -0.25) is 0 Å². The molecule has 116 valence electrons. The molecule has 4 heteroatoms. The van der Waals surface area contributed by atoms with Crippen molar-refractivity contribution in [1.82, 2.24) is 5.32 Å². The summed E-state index contributed by atoms with van der Waals surface area (Å²) in [6.07, 6.45) is 1.74. The van der Waals surface area contributed by atoms with E-state index in [9.17, 15) is 4.79 Å². The molecule has 0 heterocycles. The van der Waals surface area contributed by atoms with Gasteiger partial charge in [-0.15, -0.1) is 0 Å². The molecule has 0 aliphatic carbocycles. The van der Waals surface area contributed by atoms with E-state index in [1.165, 1.54) is 0 Å². The van der Waals surface area contributed by atoms with Crippen LogP contribution in [0.2, 0.25) is 0 Å². The molecular weight excluding hydrogens is 264 g/mol. The van der Waals surface area contributed by atoms with Crippen LogP contribution in [0.4, 0.5) is 0 Å². The second-order valence-corrected chi connectivity index (χ2v) is 5.80. The summed E-state index contributed by atoms with van der Waals surface area (Å²) in [5.74, 6) is 0. The zero-order valence-corrected chi connectivity index (χ0v) is 13.6. The van der Waals surface area contributed by atoms with Crippen LogP contribution < -0.4 is 5.32 Å². The fourth-order valence-corrected chi connectivity index (χ4v) is 1.95. The summed E-state index contributed by atoms with van der Waals surface area (Å²) < 4.78 is 0. The van der Waals surface area contributed by atoms with E-state index in [-0.39, 0.29) is 12.1 Å². The molecule has 4 nitrogen and oxygen atoms in total. The SMILES string of the molecule is C/C(=N/OC(C)C)c1ccc(CC(C=O)NC(C)C)cc1. The molecule has 1 rings (SSSR count). The van der Waals surface area contributed by atoms with Crippen molar-refractivity contribution in [1.29, 1.82) is 0 Å². The monoisotopic (exact) mass is 290 g/mol. The predicted octanol–water partition coefficient (Wildman–Crippen LogP) is 2.94. The van der Waals surface area contributed by atoms with Crippen molar-refractivity contribution in [2.24, 2.45) is 5.16 Å². The van der Waals surface area contributed by atoms with Crippen LogP contribution in [0, 0.1) is 0 Å². The Bertz CT molecular complexity index is 464. The van der Waals surface area contributed by atoms with Gasteiger partial charge in [0.15, 0.2) is 0 Å². The van der Waals surface area contributed by atoms with Gasteiger partial charge in [0, 0.05) is 6.04 Å². The van der Waals surface area contributed by atoms with Crippen LogP contribution in [0.5, 0.6) is 0 Å². The first kappa shape index (κ1) is 17.4. The van der Waals surface area contributed by atoms with Gasteiger partial charge in [-0.1, -0.05) is 43.3 Å². The zero-order valence-electron chi connectivity index (χ0n) is 13.6. The molecule has 21 heavy (non-hydrogen) atoms. The molecule has 1 atom stereocenters. The van der Waals surface area contributed by atoms with Crippen LogP contribution >= 0.6 is 0 Å². The van der Waals surface area contributed by atoms with E-state index in [0.29, 0.717) is 12.5 Å². The predicted molar refractivity (Wildman–Crippen MR) is 86.7 cm³/mol. The molecule has 1 unspecified atom stereocenters. The molecule has 0 bridgehead atoms. The number of carbonyl (C=O) groups is 1. The highest BCUT2D eigenvalue weighted by Gasteiger charge is 2.09. The summed E-state index contributed by atoms with van der Waals surface area (Å²) in [4.78, 5) is 16.3. The highest BCUT2D eigenvalue weighted by molar-refractivity contribution is 5.98. The number of aldehydes is 1. The maximum Gasteiger partial charge on any atom is 0.137 e. The third-order valence-corrected chi connectivity index (χ3v) is 2.94. The number of rotatable bonds is 8. The van der Waals surface area contributed by atoms with Gasteiger partial charge >= 0.3 is 0 Å². The zero-order chi connectivity index (χ0) is 15.8. The van der Waals surface area contributed by atoms with Crippen molar-refractivity contribution in [2.45, 2.75) is 59.2 Å². The maximum absolute atomic E-state index is 11.1. The van der Waals surface area contributed by atoms with Gasteiger partial charge in [-0.2, -0.15) is 0 Å². The van der Waals surface area contributed by atoms with E-state index in [1.807, 2.05) is 58.9 Å². The minimum absolute atomic E-state index is 0.0784. The third kappa shape index (κ3) is 6.54. The summed E-state index contributed by atoms with van der Waals surface area (Å²) in [5, 5.41) is 7.32. The van der Waals surface area contributed by atoms with Gasteiger partial charge in [-0.25, -0.2) is 0 Å². The van der Waals surface area contributed by atoms with Gasteiger partial charge in [0.25, 0.3) is 0 Å². The number of hydrogen-bond acceptors (Lipinski definition) is 4. The molecule has 0 aliphatic rings. The highest BCUT2D eigenvalue weighted by atomic mass is 16.6. The molecule has 0 aromatic heterocycles. The van der Waals surface area contributed by atoms with Gasteiger partial charge in [0.2, 0.25) is 0 Å². The van der Waals surface area contributed by atoms with Crippen molar-refractivity contribution in [2.75, 3.05) is 0 Å². The first-order valence-corrected chi connectivity index (χ1v) is 7.43. The summed E-state index contributed by atoms with van der Waals surface area (Å²) in [6.45, 7) is 9.89. The third-order valence-electron chi connectivity index (χ3n) is 2.94. The first-order chi connectivity index (χ1) is 9.92. The van der Waals surface area contributed by atoms with Crippen molar-refractivity contribution >= 4 is 12.0 Å². The molecule has 1 aromatic rings. The van der Waals surface area contributed by atoms with Gasteiger partial charge < -0.3 is 14.9 Å². The molecule has 1 aromatic carbocycles. The number of nitrogens with zero attached hydrogens (tertiary/aromatic N) is 1. The Morgan fingerprint density at radius 1 is 1.24 bits per heavy atom. The average Bonchev–Trinajstić information content (AvgIpc) is 2.44. The van der Waals surface area contributed by atoms with Crippen molar-refractivity contribution in [3.8, 4) is 0 Å². The fraction of sp³-hybridized carbons (Fsp3) is 0.529. The lowest BCUT2D eigenvalue weighted by Crippen LogP contribution is -2.37. The quantitative estimate of drug-likeness (QED) is 0.455. The number of carbonyl (C=O) groups excluding carboxylic acids is 1. The Morgan fingerprint density at radius 2 is 1.86 bits per heavy atom. The molecule has 0 saturated carbocycles. The van der Waals surface area contributed by atoms with E-state index in [0.717, 1.165) is 23.1 Å². The molecular formula is C17H26N2O2. The Morgan fingerprint density at radius 3 is 2.33 bits per heavy atom. The molecule has 0 fully saturated rings. The Hall–Kier alpha value is -1.68. The summed E-state index contributed by atoms with van der Waals surface area (Å²) in [5.41, 5.74) is 3.00. The van der Waals surface area contributed by atoms with Crippen LogP contribution in [0.25, 0.3) is 0 Å². The van der Waals surface area contributed by atoms with Crippen LogP contribution in [0.3, 0.4) is 0 Å². The largest absolute Gasteiger partial charge is 0.393 e. The van der Waals surface area contributed by atoms with Gasteiger partial charge in [-0.05, 0) is 38.3 Å². The van der Waals surface area contributed by atoms with Crippen LogP contribution in [0.15, 0.2) is 29.4 Å². The number of nitrogens with one attached hydrogen (secondary N) is 1. The lowest BCUT2D eigenvalue weighted by atomic mass is 10.0. The number of benzene rings is 1. The molecule has 0 saturated heterocycles. The molecule has 0 radical (unpaired) electrons. The summed E-state index contributed by atoms with van der Waals surface area (Å²) in [6, 6.07) is 8.23. The van der Waals surface area contributed by atoms with Crippen LogP contribution in [-0.2, 0) is 16.1 Å². The number of hydrogen-bond donors (Lipinski definition) is 1. The molecule has 0 spiro atoms. The van der Waals surface area contributed by atoms with Gasteiger partial charge in [0.05, 0.1) is 11.8 Å². The van der Waals surface area contributed by atoms with E-state index in [1.54, 1.807) is 0 Å². The van der Waals surface area contributed by atoms with E-state index in [2.05, 4.69) is 10.5 Å². The fourth-order valence-electron chi connectivity index (χ4n) is 1.95. The van der Waals surface area contributed by atoms with Gasteiger partial charge in [0.1, 0.15) is 12.4 Å². The van der Waals surface area contributed by atoms with Crippen molar-refractivity contribution in [3.05, 3.63) is 35.4 Å². The molecule has 0 amide bonds. The lowest BCUT2D eigenvalue weighted by Gasteiger charge is -2.15. The molecule has 1 N–H and O–H groups in total. The standard InChI is InChI=1S/C17H26N2O2/c1-12(2)18-17(11-20)10-15-6-8-16(9-7-15)14(5)19-21-13(3)4/h6-9,11-13,17-18H,10H2,1-5H3/b19-14-. The average molecular weight is 290 g/mol. The Kier molecular flexibility index (Phi) is 7.09. The Labute approximate surface area is 127 Å². The van der Waals surface area contributed by atoms with E-state index in [4.69, 9.17) is 4.84 Å². The van der Waals surface area contributed by atoms with Crippen molar-refractivity contribution < 1.29 is 9.63 Å². The first-order valence-electron chi connectivity index (χ1n) is 7.43. The van der Waals surface area contributed by atoms with E-state index >= 15 is 0 Å². The summed E-state index contributed by atoms with van der Waals surface area (Å²) >= 11 is 0. The normalized spacial score (nSPS) is 13.6. The second-order valence-electron chi connectivity index (χ2n) is 5.80. The Balaban J connectivity index is 2.69. The lowest BCUT2D eigenvalue weighted by molar-refractivity contribution is -0.109. The van der Waals surface area contributed by atoms with E-state index < -0.39 is 0 Å². The maximum atomic E-state index is 11.1. The highest BCUT2D eigenvalue weighted by Crippen LogP contribution is 2.09. The van der Waals surface area contributed by atoms with Crippen molar-refractivity contribution in [3.63, 3.8) is 0 Å². The molecule has 0 aliphatic heterocycles. The summed E-state index contributed by atoms with van der Waals surface area (Å²) in [7, 11) is 0.